The highest BCUT2D eigenvalue weighted by Gasteiger charge is 2.20. The van der Waals surface area contributed by atoms with E-state index in [1.165, 1.54) is 39.4 Å². The van der Waals surface area contributed by atoms with Gasteiger partial charge in [-0.15, -0.1) is 0 Å². The minimum Gasteiger partial charge on any atom is -0.206 e. The predicted octanol–water partition coefficient (Wildman–Crippen LogP) is 6.61. The monoisotopic (exact) mass is 412 g/mol. The average molecular weight is 414 g/mol. The Balaban J connectivity index is 2.63. The van der Waals surface area contributed by atoms with Gasteiger partial charge in [0.2, 0.25) is 0 Å². The van der Waals surface area contributed by atoms with Gasteiger partial charge in [0, 0.05) is 0 Å². The van der Waals surface area contributed by atoms with Crippen LogP contribution in [-0.4, -0.2) is 0 Å². The largest absolute Gasteiger partial charge is 0.206 e. The Kier molecular flexibility index (Phi) is 4.94. The van der Waals surface area contributed by atoms with E-state index in [9.17, 15) is 4.39 Å². The first-order chi connectivity index (χ1) is 9.75. The number of alkyl halides is 1. The van der Waals surface area contributed by atoms with E-state index in [-0.39, 0.29) is 10.6 Å². The first-order valence-corrected chi connectivity index (χ1v) is 8.62. The molecule has 0 N–H and O–H groups in total. The Morgan fingerprint density at radius 1 is 0.857 bits per heavy atom. The van der Waals surface area contributed by atoms with Crippen LogP contribution in [0.5, 0.6) is 0 Å². The molecular weight excluding hydrogens is 395 g/mol. The fraction of sp³-hybridized carbons (Fsp3) is 0.333. The van der Waals surface area contributed by atoms with Gasteiger partial charge in [-0.3, -0.25) is 0 Å². The molecule has 0 saturated heterocycles. The Morgan fingerprint density at radius 3 is 1.81 bits per heavy atom. The third kappa shape index (κ3) is 2.95. The van der Waals surface area contributed by atoms with E-state index in [0.717, 1.165) is 5.56 Å². The summed E-state index contributed by atoms with van der Waals surface area (Å²) in [7, 11) is 0. The van der Waals surface area contributed by atoms with Gasteiger partial charge in [0.05, 0.1) is 9.30 Å². The average Bonchev–Trinajstić information content (AvgIpc) is 2.46. The van der Waals surface area contributed by atoms with Crippen LogP contribution in [0.3, 0.4) is 0 Å². The van der Waals surface area contributed by atoms with Crippen LogP contribution in [0.2, 0.25) is 0 Å². The van der Waals surface area contributed by atoms with E-state index in [1.54, 1.807) is 0 Å². The summed E-state index contributed by atoms with van der Waals surface area (Å²) in [6.07, 6.45) is 0. The van der Waals surface area contributed by atoms with Crippen LogP contribution in [-0.2, 0) is 0 Å². The fourth-order valence-corrected chi connectivity index (χ4v) is 4.11. The van der Waals surface area contributed by atoms with E-state index in [1.807, 2.05) is 12.1 Å². The highest BCUT2D eigenvalue weighted by Crippen LogP contribution is 2.39. The molecule has 1 atom stereocenters. The predicted molar refractivity (Wildman–Crippen MR) is 95.0 cm³/mol. The molecule has 0 heterocycles. The van der Waals surface area contributed by atoms with Crippen molar-refractivity contribution in [1.29, 1.82) is 0 Å². The molecule has 0 spiro atoms. The first-order valence-electron chi connectivity index (χ1n) is 6.91. The summed E-state index contributed by atoms with van der Waals surface area (Å²) in [5.41, 5.74) is 8.97. The van der Waals surface area contributed by atoms with Crippen molar-refractivity contribution in [3.63, 3.8) is 0 Å². The van der Waals surface area contributed by atoms with E-state index in [4.69, 9.17) is 0 Å². The summed E-state index contributed by atoms with van der Waals surface area (Å²) in [5, 5.41) is 0. The number of halogens is 3. The van der Waals surface area contributed by atoms with E-state index in [0.29, 0.717) is 4.47 Å². The van der Waals surface area contributed by atoms with Crippen LogP contribution in [0.1, 0.15) is 43.8 Å². The maximum Gasteiger partial charge on any atom is 0.137 e. The Bertz CT molecular complexity index is 676. The quantitative estimate of drug-likeness (QED) is 0.485. The molecule has 0 aliphatic carbocycles. The molecule has 112 valence electrons. The number of rotatable bonds is 2. The molecule has 0 aliphatic heterocycles. The molecule has 0 saturated carbocycles. The molecule has 3 heteroatoms. The van der Waals surface area contributed by atoms with Gasteiger partial charge < -0.3 is 0 Å². The smallest absolute Gasteiger partial charge is 0.137 e. The van der Waals surface area contributed by atoms with Crippen molar-refractivity contribution in [3.05, 3.63) is 67.4 Å². The van der Waals surface area contributed by atoms with Crippen LogP contribution in [0.15, 0.2) is 22.7 Å². The van der Waals surface area contributed by atoms with Crippen molar-refractivity contribution in [2.75, 3.05) is 0 Å². The topological polar surface area (TPSA) is 0 Å². The lowest BCUT2D eigenvalue weighted by molar-refractivity contribution is 0.620. The zero-order chi connectivity index (χ0) is 15.9. The molecule has 0 bridgehead atoms. The van der Waals surface area contributed by atoms with Gasteiger partial charge >= 0.3 is 0 Å². The normalized spacial score (nSPS) is 12.6. The second-order valence-electron chi connectivity index (χ2n) is 5.57. The molecule has 0 aromatic heterocycles. The van der Waals surface area contributed by atoms with Crippen molar-refractivity contribution in [2.45, 2.75) is 39.4 Å². The van der Waals surface area contributed by atoms with Crippen LogP contribution < -0.4 is 0 Å². The molecule has 0 amide bonds. The standard InChI is InChI=1S/C18H19Br2F/c1-9-10(2)12(4)17(13(5)11(9)3)18(20)14-6-7-16(21)15(19)8-14/h6-8,18H,1-5H3. The van der Waals surface area contributed by atoms with Crippen LogP contribution in [0, 0.1) is 40.4 Å². The van der Waals surface area contributed by atoms with Crippen molar-refractivity contribution in [2.24, 2.45) is 0 Å². The molecule has 1 unspecified atom stereocenters. The minimum absolute atomic E-state index is 0.0624. The zero-order valence-corrected chi connectivity index (χ0v) is 16.1. The third-order valence-electron chi connectivity index (χ3n) is 4.55. The maximum absolute atomic E-state index is 13.4. The molecule has 2 aromatic carbocycles. The molecule has 21 heavy (non-hydrogen) atoms. The van der Waals surface area contributed by atoms with Gasteiger partial charge in [-0.25, -0.2) is 4.39 Å². The van der Waals surface area contributed by atoms with Gasteiger partial charge in [-0.1, -0.05) is 22.0 Å². The minimum atomic E-state index is -0.233. The number of benzene rings is 2. The Hall–Kier alpha value is -0.670. The van der Waals surface area contributed by atoms with Crippen molar-refractivity contribution in [1.82, 2.24) is 0 Å². The summed E-state index contributed by atoms with van der Waals surface area (Å²) >= 11 is 7.07. The van der Waals surface area contributed by atoms with Crippen LogP contribution in [0.25, 0.3) is 0 Å². The van der Waals surface area contributed by atoms with Gasteiger partial charge in [0.25, 0.3) is 0 Å². The lowest BCUT2D eigenvalue weighted by atomic mass is 9.87. The lowest BCUT2D eigenvalue weighted by Gasteiger charge is -2.22. The Morgan fingerprint density at radius 2 is 1.33 bits per heavy atom. The van der Waals surface area contributed by atoms with E-state index in [2.05, 4.69) is 66.5 Å². The molecule has 2 rings (SSSR count). The molecule has 0 radical (unpaired) electrons. The number of hydrogen-bond donors (Lipinski definition) is 0. The summed E-state index contributed by atoms with van der Waals surface area (Å²) in [6, 6.07) is 5.19. The van der Waals surface area contributed by atoms with Gasteiger partial charge in [0.15, 0.2) is 0 Å². The van der Waals surface area contributed by atoms with Crippen LogP contribution >= 0.6 is 31.9 Å². The van der Waals surface area contributed by atoms with Gasteiger partial charge in [-0.05, 0) is 102 Å². The second kappa shape index (κ2) is 6.21. The lowest BCUT2D eigenvalue weighted by Crippen LogP contribution is -2.06. The van der Waals surface area contributed by atoms with E-state index >= 15 is 0 Å². The molecule has 0 aliphatic rings. The maximum atomic E-state index is 13.4. The zero-order valence-electron chi connectivity index (χ0n) is 12.9. The van der Waals surface area contributed by atoms with E-state index < -0.39 is 0 Å². The second-order valence-corrected chi connectivity index (χ2v) is 7.34. The number of hydrogen-bond acceptors (Lipinski definition) is 0. The third-order valence-corrected chi connectivity index (χ3v) is 6.14. The molecule has 0 nitrogen and oxygen atoms in total. The van der Waals surface area contributed by atoms with Gasteiger partial charge in [-0.2, -0.15) is 0 Å². The molecule has 2 aromatic rings. The summed E-state index contributed by atoms with van der Waals surface area (Å²) in [5.74, 6) is -0.233. The van der Waals surface area contributed by atoms with Gasteiger partial charge in [0.1, 0.15) is 5.82 Å². The Labute approximate surface area is 143 Å². The van der Waals surface area contributed by atoms with Crippen molar-refractivity contribution in [3.8, 4) is 0 Å². The van der Waals surface area contributed by atoms with Crippen molar-refractivity contribution < 1.29 is 4.39 Å². The first kappa shape index (κ1) is 16.7. The van der Waals surface area contributed by atoms with Crippen molar-refractivity contribution >= 4 is 31.9 Å². The fourth-order valence-electron chi connectivity index (χ4n) is 2.75. The molecule has 0 fully saturated rings. The summed E-state index contributed by atoms with van der Waals surface area (Å²) in [4.78, 5) is 0.0624. The summed E-state index contributed by atoms with van der Waals surface area (Å²) in [6.45, 7) is 10.8. The SMILES string of the molecule is Cc1c(C)c(C)c(C(Br)c2ccc(F)c(Br)c2)c(C)c1C. The highest BCUT2D eigenvalue weighted by atomic mass is 79.9. The highest BCUT2D eigenvalue weighted by molar-refractivity contribution is 9.10. The molecular formula is C18H19Br2F. The van der Waals surface area contributed by atoms with Crippen LogP contribution in [0.4, 0.5) is 4.39 Å². The summed E-state index contributed by atoms with van der Waals surface area (Å²) < 4.78 is 13.9.